The first-order valence-electron chi connectivity index (χ1n) is 11.1. The Morgan fingerprint density at radius 1 is 1.31 bits per heavy atom. The number of carbonyl (C=O) groups excluding carboxylic acids is 2. The van der Waals surface area contributed by atoms with Gasteiger partial charge in [-0.3, -0.25) is 19.0 Å². The number of aromatic nitrogens is 3. The van der Waals surface area contributed by atoms with E-state index >= 15 is 0 Å². The predicted molar refractivity (Wildman–Crippen MR) is 115 cm³/mol. The maximum atomic E-state index is 13.1. The molecule has 32 heavy (non-hydrogen) atoms. The third kappa shape index (κ3) is 3.90. The zero-order chi connectivity index (χ0) is 22.5. The van der Waals surface area contributed by atoms with Gasteiger partial charge in [0.25, 0.3) is 11.5 Å². The minimum atomic E-state index is -0.674. The quantitative estimate of drug-likeness (QED) is 0.639. The third-order valence-electron chi connectivity index (χ3n) is 6.42. The van der Waals surface area contributed by atoms with Gasteiger partial charge in [0.15, 0.2) is 5.56 Å². The number of ether oxygens (including phenoxy) is 1. The minimum absolute atomic E-state index is 0.0217. The van der Waals surface area contributed by atoms with Gasteiger partial charge in [-0.1, -0.05) is 6.92 Å². The van der Waals surface area contributed by atoms with Gasteiger partial charge in [0, 0.05) is 37.3 Å². The van der Waals surface area contributed by atoms with Crippen LogP contribution in [0.4, 0.5) is 0 Å². The average molecular weight is 441 g/mol. The summed E-state index contributed by atoms with van der Waals surface area (Å²) >= 11 is 0. The van der Waals surface area contributed by atoms with E-state index in [0.717, 1.165) is 30.2 Å². The Bertz CT molecular complexity index is 1170. The molecule has 2 aromatic rings. The van der Waals surface area contributed by atoms with E-state index in [4.69, 9.17) is 4.74 Å². The molecular formula is C22H27N5O5. The number of carbonyl (C=O) groups is 2. The number of nitrogens with zero attached hydrogens (tertiary/aromatic N) is 4. The molecular weight excluding hydrogens is 414 g/mol. The Balaban J connectivity index is 1.56. The smallest absolute Gasteiger partial charge is 0.291 e. The zero-order valence-corrected chi connectivity index (χ0v) is 18.0. The summed E-state index contributed by atoms with van der Waals surface area (Å²) in [4.78, 5) is 40.0. The van der Waals surface area contributed by atoms with Crippen molar-refractivity contribution >= 4 is 23.5 Å². The van der Waals surface area contributed by atoms with E-state index in [1.807, 2.05) is 0 Å². The molecule has 2 N–H and O–H groups in total. The van der Waals surface area contributed by atoms with Gasteiger partial charge in [0.2, 0.25) is 11.8 Å². The zero-order valence-electron chi connectivity index (χ0n) is 18.0. The summed E-state index contributed by atoms with van der Waals surface area (Å²) in [6.45, 7) is 4.61. The van der Waals surface area contributed by atoms with Crippen molar-refractivity contribution in [3.63, 3.8) is 0 Å². The summed E-state index contributed by atoms with van der Waals surface area (Å²) in [5.74, 6) is -1.09. The van der Waals surface area contributed by atoms with E-state index < -0.39 is 11.5 Å². The fraction of sp³-hybridized carbons (Fsp3) is 0.545. The molecule has 3 aliphatic rings. The van der Waals surface area contributed by atoms with Crippen LogP contribution in [0.2, 0.25) is 0 Å². The van der Waals surface area contributed by atoms with Crippen molar-refractivity contribution in [3.05, 3.63) is 33.8 Å². The van der Waals surface area contributed by atoms with E-state index in [0.29, 0.717) is 44.1 Å². The van der Waals surface area contributed by atoms with E-state index in [-0.39, 0.29) is 28.8 Å². The van der Waals surface area contributed by atoms with Gasteiger partial charge in [-0.15, -0.1) is 0 Å². The topological polar surface area (TPSA) is 118 Å². The molecule has 0 bridgehead atoms. The molecule has 0 aromatic carbocycles. The molecule has 0 spiro atoms. The van der Waals surface area contributed by atoms with Crippen molar-refractivity contribution < 1.29 is 19.4 Å². The lowest BCUT2D eigenvalue weighted by Gasteiger charge is -2.25. The highest BCUT2D eigenvalue weighted by atomic mass is 16.5. The molecule has 1 saturated heterocycles. The highest BCUT2D eigenvalue weighted by Gasteiger charge is 2.39. The Kier molecular flexibility index (Phi) is 5.04. The number of rotatable bonds is 6. The molecule has 0 radical (unpaired) electrons. The van der Waals surface area contributed by atoms with Crippen molar-refractivity contribution in [2.24, 2.45) is 5.41 Å². The molecule has 170 valence electrons. The van der Waals surface area contributed by atoms with Crippen LogP contribution in [0.15, 0.2) is 17.1 Å². The average Bonchev–Trinajstić information content (AvgIpc) is 3.69. The van der Waals surface area contributed by atoms with Crippen LogP contribution in [0.5, 0.6) is 5.88 Å². The van der Waals surface area contributed by atoms with Crippen molar-refractivity contribution in [2.75, 3.05) is 26.3 Å². The molecule has 0 unspecified atom stereocenters. The number of hydrogen-bond acceptors (Lipinski definition) is 6. The maximum absolute atomic E-state index is 13.1. The fourth-order valence-corrected chi connectivity index (χ4v) is 3.96. The number of fused-ring (bicyclic) bond motifs is 1. The van der Waals surface area contributed by atoms with E-state index in [9.17, 15) is 19.5 Å². The Morgan fingerprint density at radius 3 is 2.69 bits per heavy atom. The first kappa shape index (κ1) is 20.7. The lowest BCUT2D eigenvalue weighted by atomic mass is 10.1. The summed E-state index contributed by atoms with van der Waals surface area (Å²) < 4.78 is 8.01. The standard InChI is InChI=1S/C22H27N5O5/c1-22(6-7-22)13-26-19-14(2-5-16(28)25-8-10-32-11-9-25)12-23-27(19)21(31)17(20(26)30)18(29)24-15-3-4-15/h2,5,12,15,30H,3-4,6-11,13H2,1H3,(H,24,29)/b5-2+. The number of hydrogen-bond donors (Lipinski definition) is 2. The molecule has 2 amide bonds. The third-order valence-corrected chi connectivity index (χ3v) is 6.42. The molecule has 0 atom stereocenters. The van der Waals surface area contributed by atoms with Crippen molar-refractivity contribution in [1.29, 1.82) is 0 Å². The summed E-state index contributed by atoms with van der Waals surface area (Å²) in [5.41, 5.74) is -0.0951. The summed E-state index contributed by atoms with van der Waals surface area (Å²) in [6, 6.07) is 0.0497. The van der Waals surface area contributed by atoms with Crippen LogP contribution >= 0.6 is 0 Å². The maximum Gasteiger partial charge on any atom is 0.291 e. The lowest BCUT2D eigenvalue weighted by molar-refractivity contribution is -0.129. The molecule has 2 saturated carbocycles. The minimum Gasteiger partial charge on any atom is -0.494 e. The van der Waals surface area contributed by atoms with Crippen LogP contribution in [0.1, 0.15) is 48.5 Å². The van der Waals surface area contributed by atoms with Gasteiger partial charge in [-0.2, -0.15) is 9.61 Å². The first-order valence-corrected chi connectivity index (χ1v) is 11.1. The normalized spacial score (nSPS) is 20.1. The number of morpholine rings is 1. The van der Waals surface area contributed by atoms with Gasteiger partial charge in [-0.25, -0.2) is 0 Å². The van der Waals surface area contributed by atoms with Gasteiger partial charge in [0.05, 0.1) is 19.4 Å². The first-order chi connectivity index (χ1) is 15.4. The monoisotopic (exact) mass is 441 g/mol. The molecule has 1 aliphatic heterocycles. The second kappa shape index (κ2) is 7.77. The van der Waals surface area contributed by atoms with Crippen LogP contribution in [-0.4, -0.2) is 68.3 Å². The van der Waals surface area contributed by atoms with E-state index in [1.54, 1.807) is 15.5 Å². The number of amides is 2. The Hall–Kier alpha value is -3.14. The number of aromatic hydroxyl groups is 1. The second-order valence-corrected chi connectivity index (χ2v) is 9.25. The van der Waals surface area contributed by atoms with Gasteiger partial charge >= 0.3 is 0 Å². The largest absolute Gasteiger partial charge is 0.494 e. The van der Waals surface area contributed by atoms with E-state index in [2.05, 4.69) is 17.3 Å². The van der Waals surface area contributed by atoms with Crippen LogP contribution in [0.25, 0.3) is 11.7 Å². The SMILES string of the molecule is CC1(Cn2c(O)c(C(=O)NC3CC3)c(=O)n3ncc(/C=C/C(=O)N4CCOCC4)c23)CC1. The fourth-order valence-electron chi connectivity index (χ4n) is 3.96. The van der Waals surface area contributed by atoms with Crippen molar-refractivity contribution in [1.82, 2.24) is 24.4 Å². The predicted octanol–water partition coefficient (Wildman–Crippen LogP) is 0.766. The van der Waals surface area contributed by atoms with Crippen molar-refractivity contribution in [2.45, 2.75) is 45.2 Å². The van der Waals surface area contributed by atoms with E-state index in [1.165, 1.54) is 12.3 Å². The number of nitrogens with one attached hydrogen (secondary N) is 1. The molecule has 10 heteroatoms. The van der Waals surface area contributed by atoms with Gasteiger partial charge < -0.3 is 20.1 Å². The molecule has 3 heterocycles. The summed E-state index contributed by atoms with van der Waals surface area (Å²) in [7, 11) is 0. The molecule has 10 nitrogen and oxygen atoms in total. The highest BCUT2D eigenvalue weighted by Crippen LogP contribution is 2.47. The van der Waals surface area contributed by atoms with Crippen molar-refractivity contribution in [3.8, 4) is 5.88 Å². The van der Waals surface area contributed by atoms with Crippen LogP contribution in [-0.2, 0) is 16.1 Å². The Labute approximate surface area is 184 Å². The second-order valence-electron chi connectivity index (χ2n) is 9.25. The molecule has 2 aromatic heterocycles. The molecule has 3 fully saturated rings. The van der Waals surface area contributed by atoms with Crippen LogP contribution < -0.4 is 10.9 Å². The molecule has 2 aliphatic carbocycles. The van der Waals surface area contributed by atoms with Gasteiger partial charge in [-0.05, 0) is 37.2 Å². The Morgan fingerprint density at radius 2 is 2.03 bits per heavy atom. The van der Waals surface area contributed by atoms with Crippen LogP contribution in [0.3, 0.4) is 0 Å². The molecule has 5 rings (SSSR count). The highest BCUT2D eigenvalue weighted by molar-refractivity contribution is 5.97. The van der Waals surface area contributed by atoms with Crippen LogP contribution in [0, 0.1) is 5.41 Å². The van der Waals surface area contributed by atoms with Gasteiger partial charge in [0.1, 0.15) is 5.65 Å². The summed E-state index contributed by atoms with van der Waals surface area (Å²) in [6.07, 6.45) is 8.25. The summed E-state index contributed by atoms with van der Waals surface area (Å²) in [5, 5.41) is 18.0. The lowest BCUT2D eigenvalue weighted by Crippen LogP contribution is -2.39.